The molecular weight excluding hydrogens is 627 g/mol. The Morgan fingerprint density at radius 3 is 2.55 bits per heavy atom. The van der Waals surface area contributed by atoms with Gasteiger partial charge in [-0.1, -0.05) is 41.9 Å². The van der Waals surface area contributed by atoms with Crippen LogP contribution in [0.4, 0.5) is 15.2 Å². The number of nitrogens with one attached hydrogen (secondary N) is 3. The minimum absolute atomic E-state index is 0.0215. The molecule has 0 aliphatic rings. The molecule has 9 nitrogen and oxygen atoms in total. The summed E-state index contributed by atoms with van der Waals surface area (Å²) in [4.78, 5) is 55.2. The first-order valence-electron chi connectivity index (χ1n) is 13.2. The summed E-state index contributed by atoms with van der Waals surface area (Å²) in [5, 5.41) is 10.1. The zero-order chi connectivity index (χ0) is 31.5. The Kier molecular flexibility index (Phi) is 11.6. The molecule has 4 aromatic rings. The highest BCUT2D eigenvalue weighted by Gasteiger charge is 2.18. The van der Waals surface area contributed by atoms with E-state index in [1.165, 1.54) is 47.4 Å². The average Bonchev–Trinajstić information content (AvgIpc) is 3.44. The minimum atomic E-state index is -0.712. The van der Waals surface area contributed by atoms with E-state index in [-0.39, 0.29) is 41.0 Å². The summed E-state index contributed by atoms with van der Waals surface area (Å²) in [6, 6.07) is 19.1. The molecule has 0 aliphatic heterocycles. The van der Waals surface area contributed by atoms with Crippen molar-refractivity contribution in [2.75, 3.05) is 23.0 Å². The highest BCUT2D eigenvalue weighted by molar-refractivity contribution is 8.00. The van der Waals surface area contributed by atoms with Crippen LogP contribution < -0.4 is 16.0 Å². The standard InChI is InChI=1S/C31H26ClFN4O5S2/c1-2-42-28(39)15-21-17-44-31(35-21)37-27(38)18-43-22-11-6-10-20(14-22)34-30(41)26(16-23-24(32)12-7-13-25(23)33)36-29(40)19-8-4-3-5-9-19/h3-14,16-17H,2,15,18H2,1H3,(H,34,41)(H,36,40)(H,35,37,38)/b26-16+. The topological polar surface area (TPSA) is 126 Å². The summed E-state index contributed by atoms with van der Waals surface area (Å²) in [6.07, 6.45) is 1.20. The lowest BCUT2D eigenvalue weighted by atomic mass is 10.1. The second kappa shape index (κ2) is 15.8. The largest absolute Gasteiger partial charge is 0.466 e. The molecule has 0 bridgehead atoms. The van der Waals surface area contributed by atoms with E-state index in [0.29, 0.717) is 27.0 Å². The van der Waals surface area contributed by atoms with Crippen LogP contribution in [0.2, 0.25) is 5.02 Å². The lowest BCUT2D eigenvalue weighted by molar-refractivity contribution is -0.142. The number of hydrogen-bond donors (Lipinski definition) is 3. The van der Waals surface area contributed by atoms with Crippen LogP contribution in [0.5, 0.6) is 0 Å². The van der Waals surface area contributed by atoms with Crippen molar-refractivity contribution in [1.29, 1.82) is 0 Å². The normalized spacial score (nSPS) is 11.0. The number of halogens is 2. The number of thioether (sulfide) groups is 1. The van der Waals surface area contributed by atoms with E-state index >= 15 is 0 Å². The van der Waals surface area contributed by atoms with Crippen LogP contribution in [0.3, 0.4) is 0 Å². The third-order valence-electron chi connectivity index (χ3n) is 5.71. The van der Waals surface area contributed by atoms with Crippen molar-refractivity contribution >= 4 is 75.3 Å². The molecule has 3 amide bonds. The SMILES string of the molecule is CCOC(=O)Cc1csc(NC(=O)CSc2cccc(NC(=O)/C(=C\c3c(F)cccc3Cl)NC(=O)c3ccccc3)c2)n1. The third kappa shape index (κ3) is 9.49. The summed E-state index contributed by atoms with van der Waals surface area (Å²) in [5.74, 6) is -2.60. The predicted molar refractivity (Wildman–Crippen MR) is 170 cm³/mol. The molecule has 1 heterocycles. The van der Waals surface area contributed by atoms with Gasteiger partial charge in [0.2, 0.25) is 5.91 Å². The van der Waals surface area contributed by atoms with E-state index in [2.05, 4.69) is 20.9 Å². The van der Waals surface area contributed by atoms with Crippen molar-refractivity contribution in [1.82, 2.24) is 10.3 Å². The molecule has 3 N–H and O–H groups in total. The highest BCUT2D eigenvalue weighted by Crippen LogP contribution is 2.25. The fraction of sp³-hybridized carbons (Fsp3) is 0.129. The molecular formula is C31H26ClFN4O5S2. The Hall–Kier alpha value is -4.52. The number of thiazole rings is 1. The van der Waals surface area contributed by atoms with Gasteiger partial charge in [-0.3, -0.25) is 19.2 Å². The van der Waals surface area contributed by atoms with Crippen LogP contribution in [0, 0.1) is 5.82 Å². The maximum Gasteiger partial charge on any atom is 0.311 e. The summed E-state index contributed by atoms with van der Waals surface area (Å²) in [6.45, 7) is 2.00. The first-order chi connectivity index (χ1) is 21.2. The molecule has 0 fully saturated rings. The highest BCUT2D eigenvalue weighted by atomic mass is 35.5. The molecule has 4 rings (SSSR count). The average molecular weight is 653 g/mol. The van der Waals surface area contributed by atoms with E-state index in [1.807, 2.05) is 0 Å². The number of esters is 1. The third-order valence-corrected chi connectivity index (χ3v) is 7.84. The number of rotatable bonds is 12. The summed E-state index contributed by atoms with van der Waals surface area (Å²) in [7, 11) is 0. The van der Waals surface area contributed by atoms with Gasteiger partial charge >= 0.3 is 5.97 Å². The lowest BCUT2D eigenvalue weighted by Gasteiger charge is -2.13. The molecule has 0 unspecified atom stereocenters. The van der Waals surface area contributed by atoms with Crippen molar-refractivity contribution in [2.24, 2.45) is 0 Å². The zero-order valence-corrected chi connectivity index (χ0v) is 25.7. The molecule has 13 heteroatoms. The Morgan fingerprint density at radius 2 is 1.80 bits per heavy atom. The van der Waals surface area contributed by atoms with Gasteiger partial charge in [-0.15, -0.1) is 23.1 Å². The van der Waals surface area contributed by atoms with E-state index in [9.17, 15) is 23.6 Å². The number of carbonyl (C=O) groups excluding carboxylic acids is 4. The van der Waals surface area contributed by atoms with Crippen LogP contribution in [-0.2, 0) is 25.5 Å². The number of anilines is 2. The fourth-order valence-corrected chi connectivity index (χ4v) is 5.41. The van der Waals surface area contributed by atoms with Crippen molar-refractivity contribution in [3.05, 3.63) is 112 Å². The molecule has 3 aromatic carbocycles. The van der Waals surface area contributed by atoms with Gasteiger partial charge in [0, 0.05) is 27.1 Å². The zero-order valence-electron chi connectivity index (χ0n) is 23.3. The van der Waals surface area contributed by atoms with Crippen molar-refractivity contribution in [3.8, 4) is 0 Å². The van der Waals surface area contributed by atoms with Gasteiger partial charge in [-0.05, 0) is 55.5 Å². The smallest absolute Gasteiger partial charge is 0.311 e. The number of nitrogens with zero attached hydrogens (tertiary/aromatic N) is 1. The van der Waals surface area contributed by atoms with Gasteiger partial charge in [-0.25, -0.2) is 9.37 Å². The molecule has 1 aromatic heterocycles. The van der Waals surface area contributed by atoms with Crippen molar-refractivity contribution in [3.63, 3.8) is 0 Å². The maximum absolute atomic E-state index is 14.6. The van der Waals surface area contributed by atoms with Crippen LogP contribution in [0.1, 0.15) is 28.5 Å². The molecule has 0 radical (unpaired) electrons. The van der Waals surface area contributed by atoms with E-state index in [0.717, 1.165) is 0 Å². The Morgan fingerprint density at radius 1 is 1.02 bits per heavy atom. The van der Waals surface area contributed by atoms with Gasteiger partial charge in [0.15, 0.2) is 5.13 Å². The van der Waals surface area contributed by atoms with Crippen molar-refractivity contribution < 1.29 is 28.3 Å². The number of hydrogen-bond acceptors (Lipinski definition) is 8. The molecule has 0 aliphatic carbocycles. The summed E-state index contributed by atoms with van der Waals surface area (Å²) in [5.41, 5.74) is 0.898. The van der Waals surface area contributed by atoms with E-state index in [4.69, 9.17) is 16.3 Å². The van der Waals surface area contributed by atoms with Crippen molar-refractivity contribution in [2.45, 2.75) is 18.2 Å². The number of carbonyl (C=O) groups is 4. The van der Waals surface area contributed by atoms with Gasteiger partial charge in [0.05, 0.1) is 29.5 Å². The Bertz CT molecular complexity index is 1680. The number of aromatic nitrogens is 1. The monoisotopic (exact) mass is 652 g/mol. The summed E-state index contributed by atoms with van der Waals surface area (Å²) >= 11 is 8.60. The van der Waals surface area contributed by atoms with Gasteiger partial charge in [-0.2, -0.15) is 0 Å². The molecule has 44 heavy (non-hydrogen) atoms. The van der Waals surface area contributed by atoms with E-state index in [1.54, 1.807) is 66.9 Å². The van der Waals surface area contributed by atoms with Gasteiger partial charge < -0.3 is 20.7 Å². The molecule has 226 valence electrons. The number of amides is 3. The fourth-order valence-electron chi connectivity index (χ4n) is 3.71. The second-order valence-electron chi connectivity index (χ2n) is 8.96. The predicted octanol–water partition coefficient (Wildman–Crippen LogP) is 6.18. The molecule has 0 spiro atoms. The minimum Gasteiger partial charge on any atom is -0.466 e. The Labute approximate surface area is 265 Å². The first kappa shape index (κ1) is 32.4. The maximum atomic E-state index is 14.6. The quantitative estimate of drug-likeness (QED) is 0.0948. The van der Waals surface area contributed by atoms with E-state index < -0.39 is 23.6 Å². The Balaban J connectivity index is 1.42. The second-order valence-corrected chi connectivity index (χ2v) is 11.3. The van der Waals surface area contributed by atoms with Crippen LogP contribution in [0.25, 0.3) is 6.08 Å². The van der Waals surface area contributed by atoms with Gasteiger partial charge in [0.25, 0.3) is 11.8 Å². The number of benzene rings is 3. The van der Waals surface area contributed by atoms with Crippen LogP contribution in [0.15, 0.2) is 88.8 Å². The number of ether oxygens (including phenoxy) is 1. The van der Waals surface area contributed by atoms with Crippen LogP contribution >= 0.6 is 34.7 Å². The molecule has 0 saturated carbocycles. The first-order valence-corrected chi connectivity index (χ1v) is 15.4. The van der Waals surface area contributed by atoms with Gasteiger partial charge in [0.1, 0.15) is 11.5 Å². The molecule has 0 saturated heterocycles. The molecule has 0 atom stereocenters. The van der Waals surface area contributed by atoms with Crippen LogP contribution in [-0.4, -0.2) is 41.0 Å². The lowest BCUT2D eigenvalue weighted by Crippen LogP contribution is -2.30. The summed E-state index contributed by atoms with van der Waals surface area (Å²) < 4.78 is 19.5.